The molecule has 2 unspecified atom stereocenters. The van der Waals surface area contributed by atoms with Gasteiger partial charge in [-0.1, -0.05) is 36.4 Å². The van der Waals surface area contributed by atoms with E-state index in [1.807, 2.05) is 6.20 Å². The van der Waals surface area contributed by atoms with Crippen LogP contribution in [0.1, 0.15) is 13.8 Å². The minimum absolute atomic E-state index is 0.235. The minimum Gasteiger partial charge on any atom is -0.495 e. The second-order valence-electron chi connectivity index (χ2n) is 8.84. The van der Waals surface area contributed by atoms with Crippen molar-refractivity contribution in [1.82, 2.24) is 4.98 Å². The van der Waals surface area contributed by atoms with Gasteiger partial charge in [-0.25, -0.2) is 0 Å². The summed E-state index contributed by atoms with van der Waals surface area (Å²) in [6, 6.07) is 23.6. The van der Waals surface area contributed by atoms with Gasteiger partial charge in [0.2, 0.25) is 0 Å². The molecule has 0 spiro atoms. The topological polar surface area (TPSA) is 34.6 Å². The summed E-state index contributed by atoms with van der Waals surface area (Å²) in [5.41, 5.74) is 6.53. The summed E-state index contributed by atoms with van der Waals surface area (Å²) in [6.07, 6.45) is 4.50. The predicted molar refractivity (Wildman–Crippen MR) is 143 cm³/mol. The lowest BCUT2D eigenvalue weighted by molar-refractivity contribution is -0.00521. The van der Waals surface area contributed by atoms with Crippen molar-refractivity contribution < 1.29 is 9.47 Å². The zero-order chi connectivity index (χ0) is 23.7. The fourth-order valence-corrected chi connectivity index (χ4v) is 5.28. The first-order chi connectivity index (χ1) is 16.6. The minimum atomic E-state index is 0.235. The first kappa shape index (κ1) is 22.8. The molecule has 0 bridgehead atoms. The third-order valence-corrected chi connectivity index (χ3v) is 7.16. The van der Waals surface area contributed by atoms with Gasteiger partial charge in [0.05, 0.1) is 24.8 Å². The van der Waals surface area contributed by atoms with Crippen molar-refractivity contribution in [3.63, 3.8) is 0 Å². The van der Waals surface area contributed by atoms with Gasteiger partial charge in [0.1, 0.15) is 5.75 Å². The van der Waals surface area contributed by atoms with Crippen LogP contribution < -0.4 is 9.64 Å². The molecular weight excluding hydrogens is 440 g/mol. The van der Waals surface area contributed by atoms with Crippen molar-refractivity contribution in [2.24, 2.45) is 0 Å². The van der Waals surface area contributed by atoms with Crippen LogP contribution in [0, 0.1) is 0 Å². The van der Waals surface area contributed by atoms with Crippen LogP contribution in [0.2, 0.25) is 0 Å². The van der Waals surface area contributed by atoms with Crippen molar-refractivity contribution in [1.29, 1.82) is 0 Å². The third kappa shape index (κ3) is 4.38. The molecule has 1 aliphatic rings. The van der Waals surface area contributed by atoms with Crippen LogP contribution in [-0.4, -0.2) is 43.6 Å². The fraction of sp³-hybridized carbons (Fsp3) is 0.276. The van der Waals surface area contributed by atoms with Crippen LogP contribution in [0.4, 0.5) is 5.69 Å². The highest BCUT2D eigenvalue weighted by Gasteiger charge is 2.22. The van der Waals surface area contributed by atoms with E-state index in [1.54, 1.807) is 18.9 Å². The van der Waals surface area contributed by atoms with Crippen LogP contribution in [0.15, 0.2) is 77.8 Å². The number of morpholine rings is 1. The predicted octanol–water partition coefficient (Wildman–Crippen LogP) is 6.91. The highest BCUT2D eigenvalue weighted by molar-refractivity contribution is 7.98. The Bertz CT molecular complexity index is 1280. The van der Waals surface area contributed by atoms with E-state index in [0.29, 0.717) is 0 Å². The van der Waals surface area contributed by atoms with Gasteiger partial charge in [0.25, 0.3) is 0 Å². The van der Waals surface area contributed by atoms with Gasteiger partial charge in [0, 0.05) is 46.4 Å². The van der Waals surface area contributed by atoms with E-state index in [4.69, 9.17) is 14.5 Å². The molecule has 1 fully saturated rings. The van der Waals surface area contributed by atoms with Crippen molar-refractivity contribution >= 4 is 28.4 Å². The number of ether oxygens (including phenoxy) is 2. The maximum absolute atomic E-state index is 5.94. The molecular formula is C29H30N2O2S. The molecule has 4 nitrogen and oxygen atoms in total. The molecule has 1 aromatic heterocycles. The number of para-hydroxylation sites is 1. The summed E-state index contributed by atoms with van der Waals surface area (Å²) >= 11 is 1.75. The van der Waals surface area contributed by atoms with Gasteiger partial charge in [-0.3, -0.25) is 4.98 Å². The fourth-order valence-electron chi connectivity index (χ4n) is 4.87. The molecule has 0 aliphatic carbocycles. The van der Waals surface area contributed by atoms with Gasteiger partial charge in [-0.2, -0.15) is 0 Å². The molecule has 2 heterocycles. The van der Waals surface area contributed by atoms with Gasteiger partial charge in [-0.15, -0.1) is 11.8 Å². The van der Waals surface area contributed by atoms with E-state index < -0.39 is 0 Å². The number of methoxy groups -OCH3 is 1. The summed E-state index contributed by atoms with van der Waals surface area (Å²) in [5, 5.41) is 1.02. The van der Waals surface area contributed by atoms with Crippen LogP contribution in [0.5, 0.6) is 5.75 Å². The lowest BCUT2D eigenvalue weighted by atomic mass is 9.98. The van der Waals surface area contributed by atoms with Crippen molar-refractivity contribution in [3.8, 4) is 28.0 Å². The number of aromatic nitrogens is 1. The number of anilines is 1. The highest BCUT2D eigenvalue weighted by Crippen LogP contribution is 2.39. The Balaban J connectivity index is 1.52. The molecule has 1 aliphatic heterocycles. The van der Waals surface area contributed by atoms with Gasteiger partial charge < -0.3 is 14.4 Å². The number of benzene rings is 3. The Labute approximate surface area is 205 Å². The van der Waals surface area contributed by atoms with E-state index in [2.05, 4.69) is 91.7 Å². The summed E-state index contributed by atoms with van der Waals surface area (Å²) in [5.74, 6) is 0.856. The number of pyridine rings is 1. The molecule has 5 heteroatoms. The maximum atomic E-state index is 5.94. The van der Waals surface area contributed by atoms with E-state index >= 15 is 0 Å². The average Bonchev–Trinajstić information content (AvgIpc) is 2.87. The molecule has 3 aromatic carbocycles. The monoisotopic (exact) mass is 470 g/mol. The Morgan fingerprint density at radius 1 is 0.882 bits per heavy atom. The van der Waals surface area contributed by atoms with Gasteiger partial charge >= 0.3 is 0 Å². The average molecular weight is 471 g/mol. The van der Waals surface area contributed by atoms with E-state index in [-0.39, 0.29) is 12.2 Å². The Morgan fingerprint density at radius 3 is 2.18 bits per heavy atom. The number of nitrogens with zero attached hydrogens (tertiary/aromatic N) is 2. The van der Waals surface area contributed by atoms with Crippen LogP contribution in [0.25, 0.3) is 33.2 Å². The highest BCUT2D eigenvalue weighted by atomic mass is 32.2. The van der Waals surface area contributed by atoms with Gasteiger partial charge in [-0.05, 0) is 61.6 Å². The third-order valence-electron chi connectivity index (χ3n) is 6.42. The number of hydrogen-bond acceptors (Lipinski definition) is 5. The molecule has 34 heavy (non-hydrogen) atoms. The molecule has 5 rings (SSSR count). The molecule has 2 atom stereocenters. The molecule has 4 aromatic rings. The van der Waals surface area contributed by atoms with E-state index in [0.717, 1.165) is 52.0 Å². The second kappa shape index (κ2) is 9.69. The van der Waals surface area contributed by atoms with Crippen LogP contribution in [-0.2, 0) is 4.74 Å². The SMILES string of the molecule is COc1c(-c2ccc(N3CC(C)OC(C)C3)cc2)cnc2c(-c3ccc(SC)cc3)cccc12. The second-order valence-corrected chi connectivity index (χ2v) is 9.72. The Morgan fingerprint density at radius 2 is 1.53 bits per heavy atom. The Hall–Kier alpha value is -3.02. The Kier molecular flexibility index (Phi) is 6.48. The zero-order valence-corrected chi connectivity index (χ0v) is 20.9. The molecule has 0 amide bonds. The maximum Gasteiger partial charge on any atom is 0.137 e. The first-order valence-corrected chi connectivity index (χ1v) is 12.9. The van der Waals surface area contributed by atoms with Crippen LogP contribution in [0.3, 0.4) is 0 Å². The van der Waals surface area contributed by atoms with E-state index in [9.17, 15) is 0 Å². The zero-order valence-electron chi connectivity index (χ0n) is 20.1. The lowest BCUT2D eigenvalue weighted by Gasteiger charge is -2.36. The normalized spacial score (nSPS) is 18.3. The van der Waals surface area contributed by atoms with Gasteiger partial charge in [0.15, 0.2) is 0 Å². The largest absolute Gasteiger partial charge is 0.495 e. The molecule has 0 N–H and O–H groups in total. The summed E-state index contributed by atoms with van der Waals surface area (Å²) in [7, 11) is 1.74. The smallest absolute Gasteiger partial charge is 0.137 e. The standard InChI is InChI=1S/C29H30N2O2S/c1-19-17-31(18-20(2)33-19)23-12-8-22(9-13-23)27-16-30-28-25(6-5-7-26(28)29(27)32-3)21-10-14-24(34-4)15-11-21/h5-16,19-20H,17-18H2,1-4H3. The van der Waals surface area contributed by atoms with Crippen LogP contribution >= 0.6 is 11.8 Å². The molecule has 174 valence electrons. The van der Waals surface area contributed by atoms with Crippen molar-refractivity contribution in [2.45, 2.75) is 31.0 Å². The number of thioether (sulfide) groups is 1. The molecule has 0 saturated carbocycles. The number of hydrogen-bond donors (Lipinski definition) is 0. The number of rotatable bonds is 5. The lowest BCUT2D eigenvalue weighted by Crippen LogP contribution is -2.45. The van der Waals surface area contributed by atoms with Crippen molar-refractivity contribution in [2.75, 3.05) is 31.4 Å². The summed E-state index contributed by atoms with van der Waals surface area (Å²) < 4.78 is 11.8. The molecule has 1 saturated heterocycles. The molecule has 0 radical (unpaired) electrons. The van der Waals surface area contributed by atoms with Crippen molar-refractivity contribution in [3.05, 3.63) is 72.9 Å². The summed E-state index contributed by atoms with van der Waals surface area (Å²) in [4.78, 5) is 8.55. The first-order valence-electron chi connectivity index (χ1n) is 11.7. The van der Waals surface area contributed by atoms with E-state index in [1.165, 1.54) is 10.6 Å². The number of fused-ring (bicyclic) bond motifs is 1. The summed E-state index contributed by atoms with van der Waals surface area (Å²) in [6.45, 7) is 6.08. The quantitative estimate of drug-likeness (QED) is 0.296.